The van der Waals surface area contributed by atoms with Crippen LogP contribution in [0.5, 0.6) is 0 Å². The Balaban J connectivity index is 2.41. The van der Waals surface area contributed by atoms with Gasteiger partial charge in [-0.05, 0) is 19.8 Å². The molecule has 76 valence electrons. The lowest BCUT2D eigenvalue weighted by Crippen LogP contribution is -2.28. The minimum atomic E-state index is -0.316. The van der Waals surface area contributed by atoms with Crippen LogP contribution in [0.1, 0.15) is 19.8 Å². The lowest BCUT2D eigenvalue weighted by molar-refractivity contribution is 0.731. The van der Waals surface area contributed by atoms with E-state index in [2.05, 4.69) is 22.0 Å². The minimum Gasteiger partial charge on any atom is -0.366 e. The molecule has 0 saturated carbocycles. The van der Waals surface area contributed by atoms with Crippen molar-refractivity contribution < 1.29 is 0 Å². The quantitative estimate of drug-likeness (QED) is 0.768. The van der Waals surface area contributed by atoms with E-state index in [4.69, 9.17) is 11.6 Å². The first-order valence-corrected chi connectivity index (χ1v) is 5.08. The van der Waals surface area contributed by atoms with Gasteiger partial charge in [0.25, 0.3) is 5.56 Å². The molecular weight excluding hydrogens is 202 g/mol. The van der Waals surface area contributed by atoms with E-state index < -0.39 is 0 Å². The lowest BCUT2D eigenvalue weighted by Gasteiger charge is -2.23. The number of nitrogens with one attached hydrogen (secondary N) is 1. The highest BCUT2D eigenvalue weighted by Gasteiger charge is 2.23. The molecule has 1 N–H and O–H groups in total. The van der Waals surface area contributed by atoms with Gasteiger partial charge in [-0.15, -0.1) is 0 Å². The van der Waals surface area contributed by atoms with Crippen molar-refractivity contribution in [2.45, 2.75) is 25.8 Å². The van der Waals surface area contributed by atoms with E-state index in [-0.39, 0.29) is 10.6 Å². The van der Waals surface area contributed by atoms with Gasteiger partial charge in [0.1, 0.15) is 5.02 Å². The molecule has 1 aliphatic heterocycles. The molecule has 0 spiro atoms. The van der Waals surface area contributed by atoms with Crippen LogP contribution < -0.4 is 10.5 Å². The van der Waals surface area contributed by atoms with Crippen LogP contribution in [0.3, 0.4) is 0 Å². The fourth-order valence-electron chi connectivity index (χ4n) is 1.87. The molecule has 1 atom stereocenters. The van der Waals surface area contributed by atoms with Crippen molar-refractivity contribution >= 4 is 17.3 Å². The molecule has 1 aromatic heterocycles. The van der Waals surface area contributed by atoms with Crippen molar-refractivity contribution in [2.75, 3.05) is 11.4 Å². The first-order chi connectivity index (χ1) is 6.70. The van der Waals surface area contributed by atoms with Gasteiger partial charge in [0.05, 0.1) is 11.9 Å². The fraction of sp³-hybridized carbons (Fsp3) is 0.556. The average Bonchev–Trinajstić information content (AvgIpc) is 2.57. The highest BCUT2D eigenvalue weighted by molar-refractivity contribution is 6.33. The molecule has 14 heavy (non-hydrogen) atoms. The minimum absolute atomic E-state index is 0.244. The van der Waals surface area contributed by atoms with Gasteiger partial charge in [-0.1, -0.05) is 11.6 Å². The van der Waals surface area contributed by atoms with Gasteiger partial charge in [-0.2, -0.15) is 5.10 Å². The van der Waals surface area contributed by atoms with Gasteiger partial charge in [-0.3, -0.25) is 4.79 Å². The Morgan fingerprint density at radius 2 is 2.50 bits per heavy atom. The highest BCUT2D eigenvalue weighted by atomic mass is 35.5. The number of aromatic amines is 1. The number of anilines is 1. The van der Waals surface area contributed by atoms with Gasteiger partial charge in [0, 0.05) is 12.6 Å². The molecule has 0 bridgehead atoms. The molecule has 1 fully saturated rings. The van der Waals surface area contributed by atoms with E-state index in [1.54, 1.807) is 6.20 Å². The average molecular weight is 214 g/mol. The molecule has 1 aliphatic rings. The van der Waals surface area contributed by atoms with Crippen LogP contribution in [-0.4, -0.2) is 22.8 Å². The Bertz CT molecular complexity index is 390. The third-order valence-electron chi connectivity index (χ3n) is 2.64. The van der Waals surface area contributed by atoms with E-state index >= 15 is 0 Å². The van der Waals surface area contributed by atoms with Crippen LogP contribution in [0, 0.1) is 0 Å². The molecule has 1 aromatic rings. The molecule has 0 unspecified atom stereocenters. The molecule has 0 amide bonds. The number of rotatable bonds is 1. The first kappa shape index (κ1) is 9.52. The Morgan fingerprint density at radius 3 is 3.14 bits per heavy atom. The first-order valence-electron chi connectivity index (χ1n) is 4.70. The summed E-state index contributed by atoms with van der Waals surface area (Å²) in [6.07, 6.45) is 3.90. The standard InChI is InChI=1S/C9H12ClN3O/c1-6-3-2-4-13(6)7-5-11-12-9(14)8(7)10/h5-6H,2-4H2,1H3,(H,12,14)/t6-/m1/s1. The molecule has 2 heterocycles. The van der Waals surface area contributed by atoms with Gasteiger partial charge in [0.15, 0.2) is 0 Å². The zero-order valence-electron chi connectivity index (χ0n) is 7.96. The van der Waals surface area contributed by atoms with Crippen molar-refractivity contribution in [1.29, 1.82) is 0 Å². The van der Waals surface area contributed by atoms with Crippen molar-refractivity contribution in [3.63, 3.8) is 0 Å². The largest absolute Gasteiger partial charge is 0.366 e. The number of nitrogens with zero attached hydrogens (tertiary/aromatic N) is 2. The summed E-state index contributed by atoms with van der Waals surface area (Å²) in [5.41, 5.74) is 0.434. The Labute approximate surface area is 86.9 Å². The number of halogens is 1. The van der Waals surface area contributed by atoms with Gasteiger partial charge in [0.2, 0.25) is 0 Å². The Hall–Kier alpha value is -1.03. The summed E-state index contributed by atoms with van der Waals surface area (Å²) in [5.74, 6) is 0. The van der Waals surface area contributed by atoms with Crippen LogP contribution in [0.2, 0.25) is 5.02 Å². The molecule has 1 saturated heterocycles. The molecular formula is C9H12ClN3O. The van der Waals surface area contributed by atoms with E-state index in [0.717, 1.165) is 25.1 Å². The summed E-state index contributed by atoms with van der Waals surface area (Å²) >= 11 is 5.91. The summed E-state index contributed by atoms with van der Waals surface area (Å²) < 4.78 is 0. The van der Waals surface area contributed by atoms with Crippen LogP contribution >= 0.6 is 11.6 Å². The van der Waals surface area contributed by atoms with Crippen molar-refractivity contribution in [3.05, 3.63) is 21.6 Å². The van der Waals surface area contributed by atoms with E-state index in [0.29, 0.717) is 6.04 Å². The summed E-state index contributed by atoms with van der Waals surface area (Å²) in [7, 11) is 0. The SMILES string of the molecule is C[C@@H]1CCCN1c1cn[nH]c(=O)c1Cl. The second-order valence-electron chi connectivity index (χ2n) is 3.58. The summed E-state index contributed by atoms with van der Waals surface area (Å²) in [4.78, 5) is 13.4. The van der Waals surface area contributed by atoms with Crippen LogP contribution in [-0.2, 0) is 0 Å². The number of aromatic nitrogens is 2. The van der Waals surface area contributed by atoms with Crippen LogP contribution in [0.15, 0.2) is 11.0 Å². The van der Waals surface area contributed by atoms with Gasteiger partial charge < -0.3 is 4.90 Å². The normalized spacial score (nSPS) is 21.6. The highest BCUT2D eigenvalue weighted by Crippen LogP contribution is 2.28. The fourth-order valence-corrected chi connectivity index (χ4v) is 2.07. The maximum Gasteiger partial charge on any atom is 0.285 e. The maximum atomic E-state index is 11.2. The second-order valence-corrected chi connectivity index (χ2v) is 3.96. The predicted octanol–water partition coefficient (Wildman–Crippen LogP) is 1.41. The monoisotopic (exact) mass is 213 g/mol. The zero-order chi connectivity index (χ0) is 10.1. The van der Waals surface area contributed by atoms with E-state index in [1.165, 1.54) is 0 Å². The third-order valence-corrected chi connectivity index (χ3v) is 3.00. The maximum absolute atomic E-state index is 11.2. The molecule has 5 heteroatoms. The van der Waals surface area contributed by atoms with E-state index in [9.17, 15) is 4.79 Å². The van der Waals surface area contributed by atoms with Crippen LogP contribution in [0.25, 0.3) is 0 Å². The number of hydrogen-bond donors (Lipinski definition) is 1. The van der Waals surface area contributed by atoms with Gasteiger partial charge in [-0.25, -0.2) is 5.10 Å². The molecule has 0 aromatic carbocycles. The Kier molecular flexibility index (Phi) is 2.46. The van der Waals surface area contributed by atoms with E-state index in [1.807, 2.05) is 0 Å². The summed E-state index contributed by atoms with van der Waals surface area (Å²) in [6.45, 7) is 3.08. The zero-order valence-corrected chi connectivity index (χ0v) is 8.71. The topological polar surface area (TPSA) is 49.0 Å². The third kappa shape index (κ3) is 1.50. The predicted molar refractivity (Wildman–Crippen MR) is 55.9 cm³/mol. The summed E-state index contributed by atoms with van der Waals surface area (Å²) in [6, 6.07) is 0.441. The van der Waals surface area contributed by atoms with Crippen LogP contribution in [0.4, 0.5) is 5.69 Å². The molecule has 2 rings (SSSR count). The van der Waals surface area contributed by atoms with Crippen molar-refractivity contribution in [2.24, 2.45) is 0 Å². The lowest BCUT2D eigenvalue weighted by atomic mass is 10.2. The second kappa shape index (κ2) is 3.61. The Morgan fingerprint density at radius 1 is 1.71 bits per heavy atom. The van der Waals surface area contributed by atoms with Gasteiger partial charge >= 0.3 is 0 Å². The number of hydrogen-bond acceptors (Lipinski definition) is 3. The van der Waals surface area contributed by atoms with Crippen molar-refractivity contribution in [3.8, 4) is 0 Å². The number of H-pyrrole nitrogens is 1. The summed E-state index contributed by atoms with van der Waals surface area (Å²) in [5, 5.41) is 6.32. The molecule has 0 radical (unpaired) electrons. The van der Waals surface area contributed by atoms with Crippen molar-refractivity contribution in [1.82, 2.24) is 10.2 Å². The molecule has 0 aliphatic carbocycles. The molecule has 4 nitrogen and oxygen atoms in total. The smallest absolute Gasteiger partial charge is 0.285 e.